The van der Waals surface area contributed by atoms with Crippen molar-refractivity contribution in [2.24, 2.45) is 5.92 Å². The third-order valence-electron chi connectivity index (χ3n) is 5.16. The third-order valence-corrected chi connectivity index (χ3v) is 5.57. The molecule has 1 aromatic heterocycles. The molecule has 0 radical (unpaired) electrons. The molecular formula is C22H28N2S. The summed E-state index contributed by atoms with van der Waals surface area (Å²) in [5.41, 5.74) is 3.97. The first kappa shape index (κ1) is 17.9. The minimum atomic E-state index is 0.317. The first-order valence-electron chi connectivity index (χ1n) is 9.19. The van der Waals surface area contributed by atoms with Crippen molar-refractivity contribution in [2.45, 2.75) is 52.5 Å². The second-order valence-electron chi connectivity index (χ2n) is 7.54. The Hall–Kier alpha value is -1.87. The largest absolute Gasteiger partial charge is 0.320 e. The van der Waals surface area contributed by atoms with Crippen LogP contribution in [0.25, 0.3) is 5.69 Å². The number of nitrogens with zero attached hydrogens (tertiary/aromatic N) is 2. The summed E-state index contributed by atoms with van der Waals surface area (Å²) in [6.45, 7) is 11.2. The lowest BCUT2D eigenvalue weighted by atomic mass is 9.92. The molecule has 25 heavy (non-hydrogen) atoms. The molecule has 1 aliphatic carbocycles. The van der Waals surface area contributed by atoms with Crippen LogP contribution in [0.1, 0.15) is 63.6 Å². The number of imidazole rings is 1. The van der Waals surface area contributed by atoms with Crippen molar-refractivity contribution in [1.82, 2.24) is 9.13 Å². The van der Waals surface area contributed by atoms with E-state index in [0.717, 1.165) is 4.77 Å². The van der Waals surface area contributed by atoms with Crippen molar-refractivity contribution in [2.75, 3.05) is 0 Å². The molecule has 1 atom stereocenters. The number of hydrogen-bond donors (Lipinski definition) is 0. The predicted molar refractivity (Wildman–Crippen MR) is 109 cm³/mol. The average Bonchev–Trinajstić information content (AvgIpc) is 3.23. The van der Waals surface area contributed by atoms with Crippen LogP contribution in [0.2, 0.25) is 0 Å². The molecule has 0 amide bonds. The lowest BCUT2D eigenvalue weighted by molar-refractivity contribution is 0.472. The van der Waals surface area contributed by atoms with Gasteiger partial charge in [0.25, 0.3) is 0 Å². The van der Waals surface area contributed by atoms with Gasteiger partial charge in [0.1, 0.15) is 0 Å². The average molecular weight is 353 g/mol. The highest BCUT2D eigenvalue weighted by Crippen LogP contribution is 2.32. The van der Waals surface area contributed by atoms with E-state index in [-0.39, 0.29) is 0 Å². The van der Waals surface area contributed by atoms with E-state index in [4.69, 9.17) is 12.2 Å². The number of benzene rings is 1. The maximum absolute atomic E-state index is 5.89. The molecule has 0 fully saturated rings. The van der Waals surface area contributed by atoms with Crippen molar-refractivity contribution in [3.05, 3.63) is 70.8 Å². The van der Waals surface area contributed by atoms with E-state index in [9.17, 15) is 0 Å². The van der Waals surface area contributed by atoms with E-state index < -0.39 is 0 Å². The van der Waals surface area contributed by atoms with Gasteiger partial charge in [0.2, 0.25) is 0 Å². The normalized spacial score (nSPS) is 15.6. The summed E-state index contributed by atoms with van der Waals surface area (Å²) in [4.78, 5) is 0. The lowest BCUT2D eigenvalue weighted by Crippen LogP contribution is -2.13. The molecule has 0 saturated heterocycles. The quantitative estimate of drug-likeness (QED) is 0.554. The molecule has 1 heterocycles. The van der Waals surface area contributed by atoms with Gasteiger partial charge in [-0.15, -0.1) is 0 Å². The summed E-state index contributed by atoms with van der Waals surface area (Å²) in [5.74, 6) is 1.32. The molecule has 2 aromatic rings. The minimum absolute atomic E-state index is 0.317. The molecule has 0 spiro atoms. The summed E-state index contributed by atoms with van der Waals surface area (Å²) in [6.07, 6.45) is 13.0. The van der Waals surface area contributed by atoms with Crippen LogP contribution < -0.4 is 0 Å². The fourth-order valence-electron chi connectivity index (χ4n) is 3.62. The molecule has 1 aromatic carbocycles. The number of aromatic nitrogens is 2. The Morgan fingerprint density at radius 1 is 0.880 bits per heavy atom. The Morgan fingerprint density at radius 2 is 1.44 bits per heavy atom. The van der Waals surface area contributed by atoms with Gasteiger partial charge in [-0.05, 0) is 42.1 Å². The minimum Gasteiger partial charge on any atom is -0.320 e. The molecule has 0 saturated carbocycles. The Balaban J connectivity index is 2.14. The van der Waals surface area contributed by atoms with Gasteiger partial charge >= 0.3 is 0 Å². The fraction of sp³-hybridized carbons (Fsp3) is 0.409. The molecule has 132 valence electrons. The summed E-state index contributed by atoms with van der Waals surface area (Å²) in [5, 5.41) is 0. The van der Waals surface area contributed by atoms with Crippen molar-refractivity contribution in [3.8, 4) is 5.69 Å². The van der Waals surface area contributed by atoms with Crippen molar-refractivity contribution in [3.63, 3.8) is 0 Å². The van der Waals surface area contributed by atoms with Crippen LogP contribution in [0.15, 0.2) is 54.9 Å². The van der Waals surface area contributed by atoms with Crippen LogP contribution in [0.5, 0.6) is 0 Å². The first-order valence-corrected chi connectivity index (χ1v) is 9.60. The Morgan fingerprint density at radius 3 is 1.96 bits per heavy atom. The van der Waals surface area contributed by atoms with Gasteiger partial charge in [-0.2, -0.15) is 0 Å². The number of rotatable bonds is 5. The Labute approximate surface area is 156 Å². The van der Waals surface area contributed by atoms with Gasteiger partial charge in [-0.3, -0.25) is 4.57 Å². The fourth-order valence-corrected chi connectivity index (χ4v) is 4.00. The second kappa shape index (κ2) is 7.17. The van der Waals surface area contributed by atoms with Crippen molar-refractivity contribution < 1.29 is 0 Å². The monoisotopic (exact) mass is 352 g/mol. The summed E-state index contributed by atoms with van der Waals surface area (Å²) in [7, 11) is 0. The molecule has 0 bridgehead atoms. The molecular weight excluding hydrogens is 324 g/mol. The van der Waals surface area contributed by atoms with Gasteiger partial charge in [0, 0.05) is 24.4 Å². The molecule has 0 N–H and O–H groups in total. The van der Waals surface area contributed by atoms with E-state index in [2.05, 4.69) is 98.6 Å². The Bertz CT molecular complexity index is 826. The molecule has 0 unspecified atom stereocenters. The smallest absolute Gasteiger partial charge is 0.184 e. The van der Waals surface area contributed by atoms with E-state index in [1.165, 1.54) is 16.8 Å². The molecule has 2 nitrogen and oxygen atoms in total. The highest BCUT2D eigenvalue weighted by molar-refractivity contribution is 7.71. The third kappa shape index (κ3) is 3.30. The van der Waals surface area contributed by atoms with Crippen molar-refractivity contribution >= 4 is 12.2 Å². The van der Waals surface area contributed by atoms with Crippen LogP contribution in [-0.2, 0) is 0 Å². The topological polar surface area (TPSA) is 9.86 Å². The summed E-state index contributed by atoms with van der Waals surface area (Å²) < 4.78 is 5.30. The summed E-state index contributed by atoms with van der Waals surface area (Å²) in [6, 6.07) is 6.96. The maximum atomic E-state index is 5.89. The lowest BCUT2D eigenvalue weighted by Gasteiger charge is -2.21. The second-order valence-corrected chi connectivity index (χ2v) is 7.91. The van der Waals surface area contributed by atoms with Gasteiger partial charge in [-0.25, -0.2) is 0 Å². The highest BCUT2D eigenvalue weighted by atomic mass is 32.1. The van der Waals surface area contributed by atoms with Gasteiger partial charge in [0.05, 0.1) is 5.69 Å². The predicted octanol–water partition coefficient (Wildman–Crippen LogP) is 6.56. The highest BCUT2D eigenvalue weighted by Gasteiger charge is 2.20. The zero-order valence-corrected chi connectivity index (χ0v) is 16.6. The van der Waals surface area contributed by atoms with Gasteiger partial charge in [0.15, 0.2) is 4.77 Å². The van der Waals surface area contributed by atoms with Crippen molar-refractivity contribution in [1.29, 1.82) is 0 Å². The van der Waals surface area contributed by atoms with Crippen LogP contribution >= 0.6 is 12.2 Å². The van der Waals surface area contributed by atoms with E-state index in [1.807, 2.05) is 0 Å². The standard InChI is InChI=1S/C22H28N2S/c1-15(2)19-11-8-12-20(16(3)4)21(19)24-14-13-23(22(24)25)17(5)18-9-6-7-10-18/h6-18H,1-5H3/t17-/m1/s1. The van der Waals surface area contributed by atoms with E-state index >= 15 is 0 Å². The first-order chi connectivity index (χ1) is 11.9. The van der Waals surface area contributed by atoms with E-state index in [0.29, 0.717) is 23.8 Å². The van der Waals surface area contributed by atoms with Gasteiger partial charge in [-0.1, -0.05) is 70.2 Å². The molecule has 3 heteroatoms. The van der Waals surface area contributed by atoms with Crippen LogP contribution in [0, 0.1) is 10.7 Å². The maximum Gasteiger partial charge on any atom is 0.184 e. The van der Waals surface area contributed by atoms with Crippen LogP contribution in [0.3, 0.4) is 0 Å². The van der Waals surface area contributed by atoms with Gasteiger partial charge < -0.3 is 4.57 Å². The molecule has 0 aliphatic heterocycles. The Kier molecular flexibility index (Phi) is 5.14. The number of para-hydroxylation sites is 1. The number of allylic oxidation sites excluding steroid dienone is 4. The van der Waals surface area contributed by atoms with Crippen LogP contribution in [0.4, 0.5) is 0 Å². The summed E-state index contributed by atoms with van der Waals surface area (Å²) >= 11 is 5.89. The molecule has 1 aliphatic rings. The molecule has 3 rings (SSSR count). The zero-order chi connectivity index (χ0) is 18.1. The van der Waals surface area contributed by atoms with E-state index in [1.54, 1.807) is 0 Å². The zero-order valence-electron chi connectivity index (χ0n) is 15.8. The van der Waals surface area contributed by atoms with Crippen LogP contribution in [-0.4, -0.2) is 9.13 Å². The number of hydrogen-bond acceptors (Lipinski definition) is 1. The SMILES string of the molecule is CC(C)c1cccc(C(C)C)c1-n1ccn([C@H](C)C2C=CC=C2)c1=S.